The Kier molecular flexibility index (Phi) is 4.12. The van der Waals surface area contributed by atoms with Gasteiger partial charge in [0.1, 0.15) is 17.8 Å². The Balaban J connectivity index is 1.68. The molecule has 0 amide bonds. The van der Waals surface area contributed by atoms with Crippen LogP contribution >= 0.6 is 0 Å². The summed E-state index contributed by atoms with van der Waals surface area (Å²) in [6.07, 6.45) is 13.4. The molecule has 0 saturated carbocycles. The van der Waals surface area contributed by atoms with Gasteiger partial charge in [0.25, 0.3) is 0 Å². The SMILES string of the molecule is Cn1c(C2=CCC3(CCNCC3)CC2)c(-c2ncccn2)c2c(N)ncnc21. The smallest absolute Gasteiger partial charge is 0.162 e. The zero-order chi connectivity index (χ0) is 19.1. The summed E-state index contributed by atoms with van der Waals surface area (Å²) in [6, 6.07) is 1.83. The van der Waals surface area contributed by atoms with Crippen molar-refractivity contribution in [3.05, 3.63) is 36.6 Å². The van der Waals surface area contributed by atoms with Crippen molar-refractivity contribution in [1.82, 2.24) is 29.8 Å². The van der Waals surface area contributed by atoms with E-state index < -0.39 is 0 Å². The first-order chi connectivity index (χ1) is 13.7. The molecule has 7 nitrogen and oxygen atoms in total. The van der Waals surface area contributed by atoms with Crippen LogP contribution in [0.1, 0.15) is 37.8 Å². The fraction of sp³-hybridized carbons (Fsp3) is 0.429. The van der Waals surface area contributed by atoms with Crippen molar-refractivity contribution >= 4 is 22.4 Å². The van der Waals surface area contributed by atoms with Gasteiger partial charge in [0.2, 0.25) is 0 Å². The summed E-state index contributed by atoms with van der Waals surface area (Å²) in [4.78, 5) is 17.8. The largest absolute Gasteiger partial charge is 0.383 e. The van der Waals surface area contributed by atoms with Crippen LogP contribution in [0.15, 0.2) is 30.9 Å². The van der Waals surface area contributed by atoms with Crippen LogP contribution in [-0.2, 0) is 7.05 Å². The maximum absolute atomic E-state index is 6.27. The lowest BCUT2D eigenvalue weighted by molar-refractivity contribution is 0.184. The van der Waals surface area contributed by atoms with Gasteiger partial charge in [-0.3, -0.25) is 0 Å². The van der Waals surface area contributed by atoms with Crippen molar-refractivity contribution in [3.8, 4) is 11.4 Å². The molecule has 3 aromatic rings. The Labute approximate surface area is 164 Å². The summed E-state index contributed by atoms with van der Waals surface area (Å²) in [5, 5.41) is 4.33. The van der Waals surface area contributed by atoms with E-state index in [0.29, 0.717) is 17.1 Å². The monoisotopic (exact) mass is 375 g/mol. The fourth-order valence-electron chi connectivity index (χ4n) is 4.87. The van der Waals surface area contributed by atoms with Gasteiger partial charge in [-0.05, 0) is 62.2 Å². The minimum absolute atomic E-state index is 0.460. The number of nitrogens with two attached hydrogens (primary N) is 1. The first-order valence-corrected chi connectivity index (χ1v) is 9.95. The Morgan fingerprint density at radius 1 is 1.07 bits per heavy atom. The summed E-state index contributed by atoms with van der Waals surface area (Å²) >= 11 is 0. The highest BCUT2D eigenvalue weighted by atomic mass is 15.1. The second-order valence-electron chi connectivity index (χ2n) is 8.00. The summed E-state index contributed by atoms with van der Waals surface area (Å²) < 4.78 is 2.13. The third-order valence-electron chi connectivity index (χ3n) is 6.46. The van der Waals surface area contributed by atoms with Gasteiger partial charge in [-0.25, -0.2) is 19.9 Å². The topological polar surface area (TPSA) is 94.5 Å². The van der Waals surface area contributed by atoms with Gasteiger partial charge in [0.15, 0.2) is 5.82 Å². The number of nitrogens with zero attached hydrogens (tertiary/aromatic N) is 5. The highest BCUT2D eigenvalue weighted by Gasteiger charge is 2.35. The van der Waals surface area contributed by atoms with E-state index in [-0.39, 0.29) is 0 Å². The van der Waals surface area contributed by atoms with Gasteiger partial charge in [0.05, 0.1) is 16.6 Å². The molecule has 7 heteroatoms. The van der Waals surface area contributed by atoms with Crippen molar-refractivity contribution in [2.75, 3.05) is 18.8 Å². The summed E-state index contributed by atoms with van der Waals surface area (Å²) in [6.45, 7) is 2.26. The quantitative estimate of drug-likeness (QED) is 0.715. The normalized spacial score (nSPS) is 19.1. The average molecular weight is 375 g/mol. The number of rotatable bonds is 2. The minimum Gasteiger partial charge on any atom is -0.383 e. The standard InChI is InChI=1S/C21H25N7/c1-28-17(14-3-5-21(6-4-14)7-11-23-12-8-21)15(19-24-9-2-10-25-19)16-18(22)26-13-27-20(16)28/h2-3,9-10,13,23H,4-8,11-12H2,1H3,(H2,22,26,27). The van der Waals surface area contributed by atoms with Crippen molar-refractivity contribution in [2.24, 2.45) is 12.5 Å². The Morgan fingerprint density at radius 3 is 2.57 bits per heavy atom. The molecule has 4 heterocycles. The first-order valence-electron chi connectivity index (χ1n) is 9.95. The zero-order valence-corrected chi connectivity index (χ0v) is 16.1. The van der Waals surface area contributed by atoms with Crippen LogP contribution in [0.4, 0.5) is 5.82 Å². The number of aryl methyl sites for hydroxylation is 1. The van der Waals surface area contributed by atoms with E-state index >= 15 is 0 Å². The molecular weight excluding hydrogens is 350 g/mol. The molecule has 5 rings (SSSR count). The van der Waals surface area contributed by atoms with Crippen LogP contribution in [0, 0.1) is 5.41 Å². The lowest BCUT2D eigenvalue weighted by atomic mass is 9.68. The molecule has 1 aliphatic heterocycles. The molecular formula is C21H25N7. The predicted molar refractivity (Wildman–Crippen MR) is 110 cm³/mol. The molecule has 0 radical (unpaired) electrons. The molecule has 0 unspecified atom stereocenters. The van der Waals surface area contributed by atoms with Crippen LogP contribution in [0.5, 0.6) is 0 Å². The van der Waals surface area contributed by atoms with Gasteiger partial charge < -0.3 is 15.6 Å². The van der Waals surface area contributed by atoms with Crippen LogP contribution in [-0.4, -0.2) is 37.6 Å². The molecule has 1 spiro atoms. The molecule has 3 aromatic heterocycles. The van der Waals surface area contributed by atoms with Gasteiger partial charge in [-0.2, -0.15) is 0 Å². The summed E-state index contributed by atoms with van der Waals surface area (Å²) in [5.74, 6) is 1.15. The Hall–Kier alpha value is -2.80. The number of anilines is 1. The van der Waals surface area contributed by atoms with E-state index in [1.54, 1.807) is 12.4 Å². The zero-order valence-electron chi connectivity index (χ0n) is 16.1. The van der Waals surface area contributed by atoms with E-state index in [0.717, 1.165) is 48.2 Å². The first kappa shape index (κ1) is 17.3. The maximum atomic E-state index is 6.27. The Bertz CT molecular complexity index is 1050. The second-order valence-corrected chi connectivity index (χ2v) is 8.00. The van der Waals surface area contributed by atoms with Crippen LogP contribution in [0.2, 0.25) is 0 Å². The van der Waals surface area contributed by atoms with Crippen LogP contribution in [0.25, 0.3) is 28.0 Å². The average Bonchev–Trinajstić information content (AvgIpc) is 3.04. The molecule has 1 saturated heterocycles. The number of allylic oxidation sites excluding steroid dienone is 2. The number of nitrogen functional groups attached to an aromatic ring is 1. The molecule has 28 heavy (non-hydrogen) atoms. The fourth-order valence-corrected chi connectivity index (χ4v) is 4.87. The maximum Gasteiger partial charge on any atom is 0.162 e. The van der Waals surface area contributed by atoms with E-state index in [1.807, 2.05) is 13.1 Å². The van der Waals surface area contributed by atoms with Crippen molar-refractivity contribution in [3.63, 3.8) is 0 Å². The lowest BCUT2D eigenvalue weighted by Gasteiger charge is -2.40. The van der Waals surface area contributed by atoms with Crippen molar-refractivity contribution < 1.29 is 0 Å². The highest BCUT2D eigenvalue weighted by molar-refractivity contribution is 6.04. The number of fused-ring (bicyclic) bond motifs is 1. The molecule has 1 fully saturated rings. The third kappa shape index (κ3) is 2.69. The van der Waals surface area contributed by atoms with Crippen molar-refractivity contribution in [1.29, 1.82) is 0 Å². The van der Waals surface area contributed by atoms with Crippen LogP contribution < -0.4 is 11.1 Å². The summed E-state index contributed by atoms with van der Waals surface area (Å²) in [5.41, 5.74) is 11.0. The minimum atomic E-state index is 0.460. The molecule has 0 aromatic carbocycles. The van der Waals surface area contributed by atoms with Gasteiger partial charge in [0, 0.05) is 19.4 Å². The van der Waals surface area contributed by atoms with Gasteiger partial charge in [-0.1, -0.05) is 6.08 Å². The van der Waals surface area contributed by atoms with E-state index in [2.05, 4.69) is 35.9 Å². The third-order valence-corrected chi connectivity index (χ3v) is 6.46. The lowest BCUT2D eigenvalue weighted by Crippen LogP contribution is -2.37. The molecule has 3 N–H and O–H groups in total. The van der Waals surface area contributed by atoms with E-state index in [9.17, 15) is 0 Å². The van der Waals surface area contributed by atoms with Gasteiger partial charge in [-0.15, -0.1) is 0 Å². The molecule has 0 atom stereocenters. The van der Waals surface area contributed by atoms with Crippen LogP contribution in [0.3, 0.4) is 0 Å². The molecule has 0 bridgehead atoms. The molecule has 144 valence electrons. The second kappa shape index (κ2) is 6.67. The number of hydrogen-bond acceptors (Lipinski definition) is 6. The number of hydrogen-bond donors (Lipinski definition) is 2. The summed E-state index contributed by atoms with van der Waals surface area (Å²) in [7, 11) is 2.05. The van der Waals surface area contributed by atoms with E-state index in [1.165, 1.54) is 31.2 Å². The predicted octanol–water partition coefficient (Wildman–Crippen LogP) is 2.94. The molecule has 2 aliphatic rings. The number of piperidine rings is 1. The number of nitrogens with one attached hydrogen (secondary N) is 1. The molecule has 1 aliphatic carbocycles. The highest BCUT2D eigenvalue weighted by Crippen LogP contribution is 2.47. The van der Waals surface area contributed by atoms with E-state index in [4.69, 9.17) is 5.73 Å². The van der Waals surface area contributed by atoms with Crippen molar-refractivity contribution in [2.45, 2.75) is 32.1 Å². The van der Waals surface area contributed by atoms with Gasteiger partial charge >= 0.3 is 0 Å². The Morgan fingerprint density at radius 2 is 1.86 bits per heavy atom. The number of aromatic nitrogens is 5.